The van der Waals surface area contributed by atoms with Crippen molar-refractivity contribution in [3.63, 3.8) is 0 Å². The highest BCUT2D eigenvalue weighted by Gasteiger charge is 2.35. The van der Waals surface area contributed by atoms with E-state index in [9.17, 15) is 8.42 Å². The monoisotopic (exact) mass is 349 g/mol. The average molecular weight is 350 g/mol. The molecule has 2 unspecified atom stereocenters. The maximum absolute atomic E-state index is 12.7. The van der Waals surface area contributed by atoms with Gasteiger partial charge < -0.3 is 0 Å². The second kappa shape index (κ2) is 5.53. The van der Waals surface area contributed by atoms with E-state index in [1.165, 1.54) is 0 Å². The Morgan fingerprint density at radius 1 is 1.33 bits per heavy atom. The summed E-state index contributed by atoms with van der Waals surface area (Å²) in [4.78, 5) is 0.357. The van der Waals surface area contributed by atoms with E-state index in [0.29, 0.717) is 21.2 Å². The molecule has 6 heteroatoms. The fraction of sp³-hybridized carbons (Fsp3) is 0.500. The van der Waals surface area contributed by atoms with Crippen LogP contribution in [0.25, 0.3) is 0 Å². The fourth-order valence-corrected chi connectivity index (χ4v) is 5.98. The summed E-state index contributed by atoms with van der Waals surface area (Å²) < 4.78 is 27.5. The average Bonchev–Trinajstić information content (AvgIpc) is 2.32. The summed E-state index contributed by atoms with van der Waals surface area (Å²) in [6.07, 6.45) is 0. The van der Waals surface area contributed by atoms with Gasteiger partial charge in [0.05, 0.1) is 4.90 Å². The number of sulfonamides is 1. The van der Waals surface area contributed by atoms with Crippen molar-refractivity contribution in [3.05, 3.63) is 28.7 Å². The minimum Gasteiger partial charge on any atom is -0.207 e. The fourth-order valence-electron chi connectivity index (χ4n) is 2.02. The van der Waals surface area contributed by atoms with E-state index < -0.39 is 10.0 Å². The van der Waals surface area contributed by atoms with Crippen LogP contribution in [-0.2, 0) is 10.0 Å². The van der Waals surface area contributed by atoms with Crippen LogP contribution in [0.5, 0.6) is 0 Å². The zero-order chi connectivity index (χ0) is 13.3. The van der Waals surface area contributed by atoms with Gasteiger partial charge in [0, 0.05) is 28.1 Å². The molecule has 18 heavy (non-hydrogen) atoms. The van der Waals surface area contributed by atoms with Gasteiger partial charge in [-0.1, -0.05) is 19.1 Å². The molecule has 2 atom stereocenters. The van der Waals surface area contributed by atoms with Crippen molar-refractivity contribution in [1.82, 2.24) is 4.31 Å². The summed E-state index contributed by atoms with van der Waals surface area (Å²) in [6, 6.07) is 7.02. The van der Waals surface area contributed by atoms with Crippen molar-refractivity contribution in [2.75, 3.05) is 12.3 Å². The van der Waals surface area contributed by atoms with Gasteiger partial charge in [-0.25, -0.2) is 8.42 Å². The number of benzene rings is 1. The molecule has 0 radical (unpaired) electrons. The van der Waals surface area contributed by atoms with E-state index in [-0.39, 0.29) is 6.04 Å². The van der Waals surface area contributed by atoms with Gasteiger partial charge in [0.15, 0.2) is 0 Å². The van der Waals surface area contributed by atoms with Crippen LogP contribution >= 0.6 is 27.7 Å². The molecule has 100 valence electrons. The Bertz CT molecular complexity index is 533. The molecule has 0 amide bonds. The van der Waals surface area contributed by atoms with Crippen LogP contribution in [0.2, 0.25) is 0 Å². The molecule has 0 aromatic heterocycles. The van der Waals surface area contributed by atoms with Gasteiger partial charge in [-0.05, 0) is 35.0 Å². The van der Waals surface area contributed by atoms with Crippen molar-refractivity contribution < 1.29 is 8.42 Å². The first-order valence-corrected chi connectivity index (χ1v) is 9.11. The molecule has 1 fully saturated rings. The van der Waals surface area contributed by atoms with E-state index in [1.807, 2.05) is 24.8 Å². The summed E-state index contributed by atoms with van der Waals surface area (Å²) in [5.41, 5.74) is 0. The molecule has 0 saturated carbocycles. The SMILES string of the molecule is CC1SCCN(S(=O)(=O)c2ccccc2Br)C1C. The van der Waals surface area contributed by atoms with E-state index in [2.05, 4.69) is 22.9 Å². The number of nitrogens with zero attached hydrogens (tertiary/aromatic N) is 1. The minimum atomic E-state index is -3.40. The molecule has 1 aliphatic rings. The van der Waals surface area contributed by atoms with Gasteiger partial charge in [-0.15, -0.1) is 0 Å². The predicted octanol–water partition coefficient (Wildman–Crippen LogP) is 2.96. The molecular weight excluding hydrogens is 334 g/mol. The molecule has 1 aromatic rings. The number of hydrogen-bond donors (Lipinski definition) is 0. The lowest BCUT2D eigenvalue weighted by atomic mass is 10.2. The summed E-state index contributed by atoms with van der Waals surface area (Å²) in [7, 11) is -3.40. The van der Waals surface area contributed by atoms with Crippen LogP contribution in [-0.4, -0.2) is 36.3 Å². The lowest BCUT2D eigenvalue weighted by Gasteiger charge is -2.36. The summed E-state index contributed by atoms with van der Waals surface area (Å²) in [5.74, 6) is 0.856. The molecule has 0 spiro atoms. The van der Waals surface area contributed by atoms with Gasteiger partial charge >= 0.3 is 0 Å². The standard InChI is InChI=1S/C12H16BrNO2S2/c1-9-10(2)17-8-7-14(9)18(15,16)12-6-4-3-5-11(12)13/h3-6,9-10H,7-8H2,1-2H3. The second-order valence-electron chi connectivity index (χ2n) is 4.36. The number of thioether (sulfide) groups is 1. The first kappa shape index (κ1) is 14.4. The topological polar surface area (TPSA) is 37.4 Å². The maximum Gasteiger partial charge on any atom is 0.244 e. The highest BCUT2D eigenvalue weighted by atomic mass is 79.9. The highest BCUT2D eigenvalue weighted by molar-refractivity contribution is 9.10. The largest absolute Gasteiger partial charge is 0.244 e. The molecule has 0 N–H and O–H groups in total. The molecule has 3 nitrogen and oxygen atoms in total. The normalized spacial score (nSPS) is 26.2. The summed E-state index contributed by atoms with van der Waals surface area (Å²) >= 11 is 5.15. The number of rotatable bonds is 2. The molecule has 0 aliphatic carbocycles. The third-order valence-electron chi connectivity index (χ3n) is 3.25. The predicted molar refractivity (Wildman–Crippen MR) is 79.4 cm³/mol. The van der Waals surface area contributed by atoms with Crippen LogP contribution in [0.3, 0.4) is 0 Å². The van der Waals surface area contributed by atoms with E-state index in [4.69, 9.17) is 0 Å². The Morgan fingerprint density at radius 2 is 2.00 bits per heavy atom. The molecule has 1 aliphatic heterocycles. The molecule has 1 aromatic carbocycles. The van der Waals surface area contributed by atoms with Crippen molar-refractivity contribution in [2.24, 2.45) is 0 Å². The van der Waals surface area contributed by atoms with Crippen LogP contribution in [0, 0.1) is 0 Å². The van der Waals surface area contributed by atoms with Crippen LogP contribution in [0.4, 0.5) is 0 Å². The number of halogens is 1. The lowest BCUT2D eigenvalue weighted by Crippen LogP contribution is -2.47. The van der Waals surface area contributed by atoms with Crippen LogP contribution < -0.4 is 0 Å². The van der Waals surface area contributed by atoms with Gasteiger partial charge in [0.1, 0.15) is 0 Å². The van der Waals surface area contributed by atoms with Crippen LogP contribution in [0.1, 0.15) is 13.8 Å². The first-order valence-electron chi connectivity index (χ1n) is 5.82. The van der Waals surface area contributed by atoms with Gasteiger partial charge in [0.2, 0.25) is 10.0 Å². The molecular formula is C12H16BrNO2S2. The third kappa shape index (κ3) is 2.61. The van der Waals surface area contributed by atoms with Crippen molar-refractivity contribution >= 4 is 37.7 Å². The van der Waals surface area contributed by atoms with E-state index >= 15 is 0 Å². The second-order valence-corrected chi connectivity index (χ2v) is 8.56. The zero-order valence-electron chi connectivity index (χ0n) is 10.3. The Labute approximate surface area is 121 Å². The summed E-state index contributed by atoms with van der Waals surface area (Å²) in [6.45, 7) is 4.64. The van der Waals surface area contributed by atoms with Crippen molar-refractivity contribution in [3.8, 4) is 0 Å². The smallest absolute Gasteiger partial charge is 0.207 e. The molecule has 1 heterocycles. The van der Waals surface area contributed by atoms with Gasteiger partial charge in [-0.3, -0.25) is 0 Å². The Hall–Kier alpha value is -0.0400. The minimum absolute atomic E-state index is 0.0286. The molecule has 0 bridgehead atoms. The quantitative estimate of drug-likeness (QED) is 0.823. The highest BCUT2D eigenvalue weighted by Crippen LogP contribution is 2.31. The van der Waals surface area contributed by atoms with E-state index in [1.54, 1.807) is 22.5 Å². The van der Waals surface area contributed by atoms with Gasteiger partial charge in [0.25, 0.3) is 0 Å². The Morgan fingerprint density at radius 3 is 2.67 bits per heavy atom. The zero-order valence-corrected chi connectivity index (χ0v) is 13.6. The maximum atomic E-state index is 12.7. The summed E-state index contributed by atoms with van der Waals surface area (Å²) in [5, 5.41) is 0.330. The third-order valence-corrected chi connectivity index (χ3v) is 7.59. The van der Waals surface area contributed by atoms with E-state index in [0.717, 1.165) is 5.75 Å². The van der Waals surface area contributed by atoms with Crippen molar-refractivity contribution in [1.29, 1.82) is 0 Å². The van der Waals surface area contributed by atoms with Gasteiger partial charge in [-0.2, -0.15) is 16.1 Å². The molecule has 2 rings (SSSR count). The van der Waals surface area contributed by atoms with Crippen LogP contribution in [0.15, 0.2) is 33.6 Å². The first-order chi connectivity index (χ1) is 8.44. The number of hydrogen-bond acceptors (Lipinski definition) is 3. The van der Waals surface area contributed by atoms with Crippen molar-refractivity contribution in [2.45, 2.75) is 30.0 Å². The Kier molecular flexibility index (Phi) is 4.41. The Balaban J connectivity index is 2.40. The lowest BCUT2D eigenvalue weighted by molar-refractivity contribution is 0.340. The molecule has 1 saturated heterocycles.